The number of hydrogen-bond donors (Lipinski definition) is 1. The maximum atomic E-state index is 13.4. The Morgan fingerprint density at radius 1 is 1.25 bits per heavy atom. The van der Waals surface area contributed by atoms with Crippen molar-refractivity contribution in [1.29, 1.82) is 0 Å². The van der Waals surface area contributed by atoms with Gasteiger partial charge in [-0.3, -0.25) is 0 Å². The quantitative estimate of drug-likeness (QED) is 0.847. The van der Waals surface area contributed by atoms with Gasteiger partial charge in [0.25, 0.3) is 0 Å². The highest BCUT2D eigenvalue weighted by Gasteiger charge is 2.28. The van der Waals surface area contributed by atoms with E-state index in [2.05, 4.69) is 0 Å². The second kappa shape index (κ2) is 5.08. The van der Waals surface area contributed by atoms with E-state index in [0.717, 1.165) is 11.1 Å². The monoisotopic (exact) mass is 292 g/mol. The minimum absolute atomic E-state index is 0.327. The highest BCUT2D eigenvalue weighted by molar-refractivity contribution is 6.30. The summed E-state index contributed by atoms with van der Waals surface area (Å²) in [7, 11) is 0. The van der Waals surface area contributed by atoms with Gasteiger partial charge in [-0.1, -0.05) is 23.2 Å². The van der Waals surface area contributed by atoms with Gasteiger partial charge >= 0.3 is 0 Å². The maximum Gasteiger partial charge on any atom is 0.127 e. The number of aryl methyl sites for hydroxylation is 1. The van der Waals surface area contributed by atoms with Gasteiger partial charge < -0.3 is 9.84 Å². The Kier molecular flexibility index (Phi) is 3.40. The van der Waals surface area contributed by atoms with Crippen molar-refractivity contribution in [2.75, 3.05) is 0 Å². The van der Waals surface area contributed by atoms with Crippen molar-refractivity contribution in [2.24, 2.45) is 0 Å². The molecule has 0 amide bonds. The largest absolute Gasteiger partial charge is 0.485 e. The van der Waals surface area contributed by atoms with Crippen molar-refractivity contribution in [3.63, 3.8) is 0 Å². The van der Waals surface area contributed by atoms with Crippen molar-refractivity contribution in [2.45, 2.75) is 25.6 Å². The lowest BCUT2D eigenvalue weighted by Crippen LogP contribution is -2.19. The van der Waals surface area contributed by atoms with Crippen LogP contribution in [0.1, 0.15) is 35.3 Å². The number of fused-ring (bicyclic) bond motifs is 1. The molecule has 2 aromatic rings. The van der Waals surface area contributed by atoms with E-state index in [-0.39, 0.29) is 0 Å². The summed E-state index contributed by atoms with van der Waals surface area (Å²) in [5, 5.41) is 10.6. The van der Waals surface area contributed by atoms with Crippen molar-refractivity contribution >= 4 is 11.6 Å². The minimum atomic E-state index is -0.620. The Morgan fingerprint density at radius 3 is 2.80 bits per heavy atom. The summed E-state index contributed by atoms with van der Waals surface area (Å²) in [5.41, 5.74) is 2.49. The summed E-state index contributed by atoms with van der Waals surface area (Å²) < 4.78 is 19.3. The third-order valence-corrected chi connectivity index (χ3v) is 3.71. The van der Waals surface area contributed by atoms with Gasteiger partial charge in [0.05, 0.1) is 6.10 Å². The SMILES string of the molecule is Cc1ccc2c(c1)[C@H](O)CC(c1cc(F)cc(Cl)c1)O2. The first-order valence-electron chi connectivity index (χ1n) is 6.44. The number of aliphatic hydroxyl groups is 1. The van der Waals surface area contributed by atoms with Crippen LogP contribution in [0.15, 0.2) is 36.4 Å². The minimum Gasteiger partial charge on any atom is -0.485 e. The summed E-state index contributed by atoms with van der Waals surface area (Å²) in [6, 6.07) is 9.98. The van der Waals surface area contributed by atoms with Gasteiger partial charge in [0, 0.05) is 17.0 Å². The molecule has 0 fully saturated rings. The molecule has 104 valence electrons. The number of benzene rings is 2. The Morgan fingerprint density at radius 2 is 2.05 bits per heavy atom. The van der Waals surface area contributed by atoms with Crippen LogP contribution in [0.5, 0.6) is 5.75 Å². The average molecular weight is 293 g/mol. The zero-order valence-electron chi connectivity index (χ0n) is 10.9. The Labute approximate surface area is 121 Å². The van der Waals surface area contributed by atoms with Crippen LogP contribution in [0.4, 0.5) is 4.39 Å². The van der Waals surface area contributed by atoms with Crippen molar-refractivity contribution in [3.05, 3.63) is 63.9 Å². The van der Waals surface area contributed by atoms with Crippen LogP contribution < -0.4 is 4.74 Å². The first-order chi connectivity index (χ1) is 9.52. The number of hydrogen-bond acceptors (Lipinski definition) is 2. The molecule has 0 aliphatic carbocycles. The van der Waals surface area contributed by atoms with Gasteiger partial charge in [-0.05, 0) is 42.8 Å². The van der Waals surface area contributed by atoms with E-state index in [1.165, 1.54) is 12.1 Å². The fraction of sp³-hybridized carbons (Fsp3) is 0.250. The molecule has 0 aromatic heterocycles. The first kappa shape index (κ1) is 13.4. The standard InChI is InChI=1S/C16H14ClFO2/c1-9-2-3-15-13(4-9)14(19)8-16(20-15)10-5-11(17)7-12(18)6-10/h2-7,14,16,19H,8H2,1H3/t14-,16?/m1/s1. The van der Waals surface area contributed by atoms with Gasteiger partial charge in [-0.25, -0.2) is 4.39 Å². The molecule has 1 aliphatic heterocycles. The van der Waals surface area contributed by atoms with Gasteiger partial charge in [0.15, 0.2) is 0 Å². The Hall–Kier alpha value is -1.58. The third-order valence-electron chi connectivity index (χ3n) is 3.49. The lowest BCUT2D eigenvalue weighted by molar-refractivity contribution is 0.0655. The predicted molar refractivity (Wildman–Crippen MR) is 75.5 cm³/mol. The molecule has 1 aliphatic rings. The number of halogens is 2. The molecule has 1 N–H and O–H groups in total. The van der Waals surface area contributed by atoms with E-state index >= 15 is 0 Å². The van der Waals surface area contributed by atoms with E-state index in [1.54, 1.807) is 6.07 Å². The van der Waals surface area contributed by atoms with Gasteiger partial charge in [-0.15, -0.1) is 0 Å². The molecule has 2 atom stereocenters. The van der Waals surface area contributed by atoms with Crippen LogP contribution in [-0.2, 0) is 0 Å². The lowest BCUT2D eigenvalue weighted by Gasteiger charge is -2.30. The fourth-order valence-electron chi connectivity index (χ4n) is 2.53. The molecule has 0 spiro atoms. The van der Waals surface area contributed by atoms with E-state index in [9.17, 15) is 9.50 Å². The molecule has 3 rings (SSSR count). The van der Waals surface area contributed by atoms with Crippen molar-refractivity contribution < 1.29 is 14.2 Å². The molecular formula is C16H14ClFO2. The van der Waals surface area contributed by atoms with Crippen LogP contribution in [0.2, 0.25) is 5.02 Å². The molecule has 2 aromatic carbocycles. The fourth-order valence-corrected chi connectivity index (χ4v) is 2.76. The van der Waals surface area contributed by atoms with Crippen LogP contribution in [0.25, 0.3) is 0 Å². The molecule has 20 heavy (non-hydrogen) atoms. The Bertz CT molecular complexity index is 637. The second-order valence-corrected chi connectivity index (χ2v) is 5.54. The smallest absolute Gasteiger partial charge is 0.127 e. The molecule has 0 saturated heterocycles. The second-order valence-electron chi connectivity index (χ2n) is 5.10. The van der Waals surface area contributed by atoms with Crippen LogP contribution in [0, 0.1) is 12.7 Å². The summed E-state index contributed by atoms with van der Waals surface area (Å²) in [5.74, 6) is 0.236. The zero-order valence-corrected chi connectivity index (χ0v) is 11.7. The molecule has 2 nitrogen and oxygen atoms in total. The average Bonchev–Trinajstić information content (AvgIpc) is 2.38. The van der Waals surface area contributed by atoms with Crippen LogP contribution in [-0.4, -0.2) is 5.11 Å². The molecule has 1 heterocycles. The number of ether oxygens (including phenoxy) is 1. The normalized spacial score (nSPS) is 21.2. The predicted octanol–water partition coefficient (Wildman–Crippen LogP) is 4.34. The summed E-state index contributed by atoms with van der Waals surface area (Å²) >= 11 is 5.87. The molecule has 0 bridgehead atoms. The molecule has 0 radical (unpaired) electrons. The summed E-state index contributed by atoms with van der Waals surface area (Å²) in [6.07, 6.45) is -0.630. The number of rotatable bonds is 1. The first-order valence-corrected chi connectivity index (χ1v) is 6.82. The van der Waals surface area contributed by atoms with Crippen molar-refractivity contribution in [3.8, 4) is 5.75 Å². The lowest BCUT2D eigenvalue weighted by atomic mass is 9.94. The highest BCUT2D eigenvalue weighted by Crippen LogP contribution is 2.41. The third kappa shape index (κ3) is 2.51. The van der Waals surface area contributed by atoms with Crippen LogP contribution in [0.3, 0.4) is 0 Å². The van der Waals surface area contributed by atoms with Crippen molar-refractivity contribution in [1.82, 2.24) is 0 Å². The Balaban J connectivity index is 1.96. The van der Waals surface area contributed by atoms with E-state index < -0.39 is 18.0 Å². The molecule has 4 heteroatoms. The van der Waals surface area contributed by atoms with Gasteiger partial charge in [-0.2, -0.15) is 0 Å². The molecular weight excluding hydrogens is 279 g/mol. The summed E-state index contributed by atoms with van der Waals surface area (Å²) in [4.78, 5) is 0. The van der Waals surface area contributed by atoms with Gasteiger partial charge in [0.1, 0.15) is 17.7 Å². The summed E-state index contributed by atoms with van der Waals surface area (Å²) in [6.45, 7) is 1.96. The van der Waals surface area contributed by atoms with E-state index in [0.29, 0.717) is 22.8 Å². The topological polar surface area (TPSA) is 29.5 Å². The van der Waals surface area contributed by atoms with Gasteiger partial charge in [0.2, 0.25) is 0 Å². The van der Waals surface area contributed by atoms with Crippen LogP contribution >= 0.6 is 11.6 Å². The molecule has 1 unspecified atom stereocenters. The zero-order chi connectivity index (χ0) is 14.3. The van der Waals surface area contributed by atoms with E-state index in [1.807, 2.05) is 25.1 Å². The molecule has 0 saturated carbocycles. The highest BCUT2D eigenvalue weighted by atomic mass is 35.5. The maximum absolute atomic E-state index is 13.4. The van der Waals surface area contributed by atoms with E-state index in [4.69, 9.17) is 16.3 Å². The number of aliphatic hydroxyl groups excluding tert-OH is 1.